The van der Waals surface area contributed by atoms with Gasteiger partial charge in [0.05, 0.1) is 0 Å². The van der Waals surface area contributed by atoms with Crippen molar-refractivity contribution in [2.75, 3.05) is 18.0 Å². The number of piperidine rings is 1. The van der Waals surface area contributed by atoms with Crippen molar-refractivity contribution in [1.29, 1.82) is 0 Å². The van der Waals surface area contributed by atoms with E-state index in [1.165, 1.54) is 57.3 Å². The second-order valence-electron chi connectivity index (χ2n) is 6.12. The van der Waals surface area contributed by atoms with Gasteiger partial charge in [0.1, 0.15) is 0 Å². The fourth-order valence-electron chi connectivity index (χ4n) is 3.76. The third-order valence-electron chi connectivity index (χ3n) is 4.99. The first-order valence-corrected chi connectivity index (χ1v) is 7.59. The van der Waals surface area contributed by atoms with E-state index in [1.807, 2.05) is 6.92 Å². The van der Waals surface area contributed by atoms with Crippen LogP contribution in [0.25, 0.3) is 0 Å². The van der Waals surface area contributed by atoms with Crippen molar-refractivity contribution in [1.82, 2.24) is 0 Å². The Balaban J connectivity index is 1.65. The molecule has 1 aliphatic carbocycles. The normalized spacial score (nSPS) is 21.2. The third-order valence-corrected chi connectivity index (χ3v) is 4.99. The van der Waals surface area contributed by atoms with Crippen LogP contribution in [0.15, 0.2) is 24.3 Å². The first-order valence-electron chi connectivity index (χ1n) is 7.59. The monoisotopic (exact) mass is 253 g/mol. The first-order chi connectivity index (χ1) is 9.31. The second kappa shape index (κ2) is 5.29. The fourth-order valence-corrected chi connectivity index (χ4v) is 3.76. The largest absolute Gasteiger partial charge is 0.371 e. The molecule has 0 amide bonds. The van der Waals surface area contributed by atoms with Gasteiger partial charge in [-0.3, -0.25) is 0 Å². The molecule has 0 aromatic heterocycles. The maximum absolute atomic E-state index is 3.11. The SMILES string of the molecule is CC#Cc1ccc(N2CCC3(CCCC3)CC2)cc1. The van der Waals surface area contributed by atoms with E-state index in [1.54, 1.807) is 0 Å². The number of anilines is 1. The summed E-state index contributed by atoms with van der Waals surface area (Å²) in [4.78, 5) is 2.55. The van der Waals surface area contributed by atoms with Crippen molar-refractivity contribution in [2.24, 2.45) is 5.41 Å². The molecule has 100 valence electrons. The van der Waals surface area contributed by atoms with E-state index in [0.29, 0.717) is 5.41 Å². The molecular weight excluding hydrogens is 230 g/mol. The zero-order valence-corrected chi connectivity index (χ0v) is 11.9. The van der Waals surface area contributed by atoms with Gasteiger partial charge in [0.15, 0.2) is 0 Å². The fraction of sp³-hybridized carbons (Fsp3) is 0.556. The molecule has 0 unspecified atom stereocenters. The van der Waals surface area contributed by atoms with Crippen molar-refractivity contribution >= 4 is 5.69 Å². The van der Waals surface area contributed by atoms with Crippen LogP contribution in [0.1, 0.15) is 51.0 Å². The Morgan fingerprint density at radius 2 is 1.58 bits per heavy atom. The average Bonchev–Trinajstić information content (AvgIpc) is 2.90. The van der Waals surface area contributed by atoms with Crippen LogP contribution in [0.2, 0.25) is 0 Å². The number of rotatable bonds is 1. The summed E-state index contributed by atoms with van der Waals surface area (Å²) in [5, 5.41) is 0. The molecule has 1 nitrogen and oxygen atoms in total. The number of hydrogen-bond donors (Lipinski definition) is 0. The molecule has 3 rings (SSSR count). The van der Waals surface area contributed by atoms with Gasteiger partial charge < -0.3 is 4.90 Å². The van der Waals surface area contributed by atoms with Gasteiger partial charge in [0, 0.05) is 24.3 Å². The summed E-state index contributed by atoms with van der Waals surface area (Å²) >= 11 is 0. The molecule has 0 radical (unpaired) electrons. The van der Waals surface area contributed by atoms with E-state index in [2.05, 4.69) is 41.0 Å². The highest BCUT2D eigenvalue weighted by molar-refractivity contribution is 5.50. The minimum Gasteiger partial charge on any atom is -0.371 e. The van der Waals surface area contributed by atoms with Crippen molar-refractivity contribution in [3.63, 3.8) is 0 Å². The van der Waals surface area contributed by atoms with Crippen LogP contribution in [0, 0.1) is 17.3 Å². The van der Waals surface area contributed by atoms with Crippen molar-refractivity contribution in [3.8, 4) is 11.8 Å². The molecule has 1 saturated carbocycles. The summed E-state index contributed by atoms with van der Waals surface area (Å²) in [6.45, 7) is 4.36. The number of hydrogen-bond acceptors (Lipinski definition) is 1. The van der Waals surface area contributed by atoms with Crippen LogP contribution in [0.5, 0.6) is 0 Å². The summed E-state index contributed by atoms with van der Waals surface area (Å²) in [5.41, 5.74) is 3.20. The molecular formula is C18H23N. The second-order valence-corrected chi connectivity index (χ2v) is 6.12. The Labute approximate surface area is 117 Å². The van der Waals surface area contributed by atoms with Crippen molar-refractivity contribution in [3.05, 3.63) is 29.8 Å². The number of benzene rings is 1. The quantitative estimate of drug-likeness (QED) is 0.677. The van der Waals surface area contributed by atoms with E-state index in [4.69, 9.17) is 0 Å². The predicted octanol–water partition coefficient (Wildman–Crippen LogP) is 4.22. The minimum absolute atomic E-state index is 0.712. The molecule has 1 heteroatoms. The molecule has 19 heavy (non-hydrogen) atoms. The lowest BCUT2D eigenvalue weighted by atomic mass is 9.77. The Morgan fingerprint density at radius 3 is 2.16 bits per heavy atom. The van der Waals surface area contributed by atoms with Gasteiger partial charge in [-0.05, 0) is 62.3 Å². The smallest absolute Gasteiger partial charge is 0.0367 e. The summed E-state index contributed by atoms with van der Waals surface area (Å²) < 4.78 is 0. The average molecular weight is 253 g/mol. The highest BCUT2D eigenvalue weighted by atomic mass is 15.1. The molecule has 1 heterocycles. The van der Waals surface area contributed by atoms with Gasteiger partial charge in [-0.15, -0.1) is 5.92 Å². The Hall–Kier alpha value is -1.42. The van der Waals surface area contributed by atoms with E-state index < -0.39 is 0 Å². The summed E-state index contributed by atoms with van der Waals surface area (Å²) in [7, 11) is 0. The summed E-state index contributed by atoms with van der Waals surface area (Å²) in [6, 6.07) is 8.75. The molecule has 1 aliphatic heterocycles. The number of nitrogens with zero attached hydrogens (tertiary/aromatic N) is 1. The van der Waals surface area contributed by atoms with Crippen LogP contribution >= 0.6 is 0 Å². The standard InChI is InChI=1S/C18H23N/c1-2-5-16-6-8-17(9-7-16)19-14-12-18(13-15-19)10-3-4-11-18/h6-9H,3-4,10-15H2,1H3. The van der Waals surface area contributed by atoms with Gasteiger partial charge >= 0.3 is 0 Å². The lowest BCUT2D eigenvalue weighted by Crippen LogP contribution is -2.38. The predicted molar refractivity (Wildman–Crippen MR) is 81.3 cm³/mol. The zero-order chi connectivity index (χ0) is 13.1. The van der Waals surface area contributed by atoms with E-state index in [-0.39, 0.29) is 0 Å². The van der Waals surface area contributed by atoms with Gasteiger partial charge in [0.25, 0.3) is 0 Å². The molecule has 1 saturated heterocycles. The molecule has 1 spiro atoms. The summed E-state index contributed by atoms with van der Waals surface area (Å²) in [6.07, 6.45) is 8.67. The minimum atomic E-state index is 0.712. The van der Waals surface area contributed by atoms with E-state index in [0.717, 1.165) is 5.56 Å². The van der Waals surface area contributed by atoms with Gasteiger partial charge in [0.2, 0.25) is 0 Å². The first kappa shape index (κ1) is 12.6. The Bertz CT molecular complexity index is 473. The molecule has 1 aromatic rings. The highest BCUT2D eigenvalue weighted by Crippen LogP contribution is 2.46. The van der Waals surface area contributed by atoms with Crippen molar-refractivity contribution < 1.29 is 0 Å². The van der Waals surface area contributed by atoms with Crippen LogP contribution < -0.4 is 4.90 Å². The highest BCUT2D eigenvalue weighted by Gasteiger charge is 2.36. The maximum atomic E-state index is 3.11. The van der Waals surface area contributed by atoms with Gasteiger partial charge in [-0.25, -0.2) is 0 Å². The van der Waals surface area contributed by atoms with Gasteiger partial charge in [-0.2, -0.15) is 0 Å². The Morgan fingerprint density at radius 1 is 0.947 bits per heavy atom. The zero-order valence-electron chi connectivity index (χ0n) is 11.9. The maximum Gasteiger partial charge on any atom is 0.0367 e. The van der Waals surface area contributed by atoms with Crippen LogP contribution in [0.3, 0.4) is 0 Å². The van der Waals surface area contributed by atoms with Crippen LogP contribution in [-0.4, -0.2) is 13.1 Å². The molecule has 2 fully saturated rings. The molecule has 0 atom stereocenters. The van der Waals surface area contributed by atoms with Gasteiger partial charge in [-0.1, -0.05) is 18.8 Å². The summed E-state index contributed by atoms with van der Waals surface area (Å²) in [5.74, 6) is 6.06. The molecule has 0 bridgehead atoms. The van der Waals surface area contributed by atoms with E-state index in [9.17, 15) is 0 Å². The van der Waals surface area contributed by atoms with Crippen LogP contribution in [0.4, 0.5) is 5.69 Å². The van der Waals surface area contributed by atoms with Crippen molar-refractivity contribution in [2.45, 2.75) is 45.4 Å². The van der Waals surface area contributed by atoms with E-state index >= 15 is 0 Å². The molecule has 2 aliphatic rings. The topological polar surface area (TPSA) is 3.24 Å². The lowest BCUT2D eigenvalue weighted by Gasteiger charge is -2.40. The third kappa shape index (κ3) is 2.63. The molecule has 1 aromatic carbocycles. The molecule has 0 N–H and O–H groups in total. The lowest BCUT2D eigenvalue weighted by molar-refractivity contribution is 0.226. The Kier molecular flexibility index (Phi) is 3.51. The van der Waals surface area contributed by atoms with Crippen LogP contribution in [-0.2, 0) is 0 Å².